The molecule has 1 atom stereocenters. The second-order valence-corrected chi connectivity index (χ2v) is 7.54. The number of rotatable bonds is 4. The molecule has 2 aliphatic heterocycles. The summed E-state index contributed by atoms with van der Waals surface area (Å²) in [5, 5.41) is 0. The Bertz CT molecular complexity index is 864. The normalized spacial score (nSPS) is 18.6. The highest BCUT2D eigenvalue weighted by Crippen LogP contribution is 2.38. The van der Waals surface area contributed by atoms with Crippen LogP contribution in [0.5, 0.6) is 17.2 Å². The fourth-order valence-corrected chi connectivity index (χ4v) is 3.83. The van der Waals surface area contributed by atoms with Gasteiger partial charge in [-0.1, -0.05) is 12.1 Å². The number of amides is 1. The Morgan fingerprint density at radius 2 is 1.86 bits per heavy atom. The lowest BCUT2D eigenvalue weighted by Crippen LogP contribution is -2.34. The molecule has 0 N–H and O–H groups in total. The van der Waals surface area contributed by atoms with E-state index >= 15 is 0 Å². The van der Waals surface area contributed by atoms with Crippen LogP contribution in [0.15, 0.2) is 36.4 Å². The van der Waals surface area contributed by atoms with Crippen LogP contribution in [0.1, 0.15) is 42.0 Å². The average Bonchev–Trinajstić information content (AvgIpc) is 3.07. The van der Waals surface area contributed by atoms with Crippen LogP contribution in [0, 0.1) is 13.8 Å². The first-order chi connectivity index (χ1) is 13.6. The number of carbonyl (C=O) groups is 1. The van der Waals surface area contributed by atoms with E-state index in [-0.39, 0.29) is 18.6 Å². The van der Waals surface area contributed by atoms with Gasteiger partial charge in [-0.15, -0.1) is 0 Å². The Morgan fingerprint density at radius 3 is 2.68 bits per heavy atom. The highest BCUT2D eigenvalue weighted by molar-refractivity contribution is 5.78. The SMILES string of the molecule is Cc1ccc(OCC(=O)N2CCCC2c2ccc3c(c2)OCCCO3)cc1C. The summed E-state index contributed by atoms with van der Waals surface area (Å²) in [6.45, 7) is 6.26. The summed E-state index contributed by atoms with van der Waals surface area (Å²) in [4.78, 5) is 14.8. The smallest absolute Gasteiger partial charge is 0.261 e. The van der Waals surface area contributed by atoms with Crippen LogP contribution in [-0.4, -0.2) is 37.2 Å². The molecule has 1 unspecified atom stereocenters. The molecule has 0 aromatic heterocycles. The predicted molar refractivity (Wildman–Crippen MR) is 107 cm³/mol. The molecule has 148 valence electrons. The topological polar surface area (TPSA) is 48.0 Å². The lowest BCUT2D eigenvalue weighted by molar-refractivity contribution is -0.134. The van der Waals surface area contributed by atoms with Gasteiger partial charge in [-0.05, 0) is 67.6 Å². The van der Waals surface area contributed by atoms with Crippen molar-refractivity contribution in [3.8, 4) is 17.2 Å². The maximum Gasteiger partial charge on any atom is 0.261 e. The van der Waals surface area contributed by atoms with Gasteiger partial charge in [0, 0.05) is 13.0 Å². The number of nitrogens with zero attached hydrogens (tertiary/aromatic N) is 1. The van der Waals surface area contributed by atoms with E-state index in [4.69, 9.17) is 14.2 Å². The first kappa shape index (κ1) is 18.7. The molecule has 4 rings (SSSR count). The van der Waals surface area contributed by atoms with Gasteiger partial charge in [-0.2, -0.15) is 0 Å². The van der Waals surface area contributed by atoms with Crippen LogP contribution in [-0.2, 0) is 4.79 Å². The van der Waals surface area contributed by atoms with E-state index in [9.17, 15) is 4.79 Å². The first-order valence-corrected chi connectivity index (χ1v) is 10.0. The Morgan fingerprint density at radius 1 is 1.04 bits per heavy atom. The standard InChI is InChI=1S/C23H27NO4/c1-16-6-8-19(13-17(16)2)28-15-23(25)24-10-3-5-20(24)18-7-9-21-22(14-18)27-12-4-11-26-21/h6-9,13-14,20H,3-5,10-12,15H2,1-2H3. The van der Waals surface area contributed by atoms with E-state index in [0.717, 1.165) is 54.2 Å². The molecule has 1 amide bonds. The summed E-state index contributed by atoms with van der Waals surface area (Å²) in [7, 11) is 0. The summed E-state index contributed by atoms with van der Waals surface area (Å²) in [6.07, 6.45) is 2.83. The van der Waals surface area contributed by atoms with Crippen molar-refractivity contribution in [1.82, 2.24) is 4.90 Å². The Labute approximate surface area is 166 Å². The van der Waals surface area contributed by atoms with Gasteiger partial charge in [0.25, 0.3) is 5.91 Å². The minimum absolute atomic E-state index is 0.0211. The number of likely N-dealkylation sites (tertiary alicyclic amines) is 1. The molecule has 1 fully saturated rings. The summed E-state index contributed by atoms with van der Waals surface area (Å²) >= 11 is 0. The highest BCUT2D eigenvalue weighted by Gasteiger charge is 2.31. The highest BCUT2D eigenvalue weighted by atomic mass is 16.5. The molecular weight excluding hydrogens is 354 g/mol. The Balaban J connectivity index is 1.44. The summed E-state index contributed by atoms with van der Waals surface area (Å²) in [5.41, 5.74) is 3.48. The molecular formula is C23H27NO4. The monoisotopic (exact) mass is 381 g/mol. The molecule has 5 nitrogen and oxygen atoms in total. The molecule has 0 spiro atoms. The van der Waals surface area contributed by atoms with Crippen LogP contribution >= 0.6 is 0 Å². The first-order valence-electron chi connectivity index (χ1n) is 10.0. The molecule has 0 radical (unpaired) electrons. The van der Waals surface area contributed by atoms with Crippen LogP contribution in [0.25, 0.3) is 0 Å². The number of hydrogen-bond donors (Lipinski definition) is 0. The molecule has 2 heterocycles. The summed E-state index contributed by atoms with van der Waals surface area (Å²) in [6, 6.07) is 12.0. The van der Waals surface area contributed by atoms with Crippen molar-refractivity contribution < 1.29 is 19.0 Å². The van der Waals surface area contributed by atoms with Crippen LogP contribution in [0.3, 0.4) is 0 Å². The van der Waals surface area contributed by atoms with Crippen LogP contribution < -0.4 is 14.2 Å². The Kier molecular flexibility index (Phi) is 5.42. The zero-order valence-corrected chi connectivity index (χ0v) is 16.6. The van der Waals surface area contributed by atoms with E-state index in [1.807, 2.05) is 48.2 Å². The minimum Gasteiger partial charge on any atom is -0.490 e. The molecule has 1 saturated heterocycles. The van der Waals surface area contributed by atoms with E-state index in [1.54, 1.807) is 0 Å². The van der Waals surface area contributed by atoms with Crippen molar-refractivity contribution in [2.24, 2.45) is 0 Å². The van der Waals surface area contributed by atoms with Crippen molar-refractivity contribution in [2.45, 2.75) is 39.2 Å². The molecule has 0 aliphatic carbocycles. The third-order valence-corrected chi connectivity index (χ3v) is 5.57. The molecule has 0 bridgehead atoms. The summed E-state index contributed by atoms with van der Waals surface area (Å²) in [5.74, 6) is 2.33. The number of ether oxygens (including phenoxy) is 3. The van der Waals surface area contributed by atoms with Gasteiger partial charge in [0.15, 0.2) is 18.1 Å². The van der Waals surface area contributed by atoms with E-state index in [0.29, 0.717) is 13.2 Å². The van der Waals surface area contributed by atoms with Crippen LogP contribution in [0.2, 0.25) is 0 Å². The van der Waals surface area contributed by atoms with E-state index < -0.39 is 0 Å². The van der Waals surface area contributed by atoms with Gasteiger partial charge in [0.2, 0.25) is 0 Å². The zero-order valence-electron chi connectivity index (χ0n) is 16.6. The van der Waals surface area contributed by atoms with Crippen molar-refractivity contribution in [1.29, 1.82) is 0 Å². The van der Waals surface area contributed by atoms with Gasteiger partial charge >= 0.3 is 0 Å². The fraction of sp³-hybridized carbons (Fsp3) is 0.435. The van der Waals surface area contributed by atoms with Crippen molar-refractivity contribution in [3.05, 3.63) is 53.1 Å². The number of benzene rings is 2. The Hall–Kier alpha value is -2.69. The third-order valence-electron chi connectivity index (χ3n) is 5.57. The molecule has 5 heteroatoms. The van der Waals surface area contributed by atoms with Crippen molar-refractivity contribution in [2.75, 3.05) is 26.4 Å². The molecule has 2 aromatic carbocycles. The number of fused-ring (bicyclic) bond motifs is 1. The fourth-order valence-electron chi connectivity index (χ4n) is 3.83. The van der Waals surface area contributed by atoms with Gasteiger partial charge in [0.05, 0.1) is 19.3 Å². The zero-order chi connectivity index (χ0) is 19.5. The second-order valence-electron chi connectivity index (χ2n) is 7.54. The number of carbonyl (C=O) groups excluding carboxylic acids is 1. The number of hydrogen-bond acceptors (Lipinski definition) is 4. The molecule has 28 heavy (non-hydrogen) atoms. The lowest BCUT2D eigenvalue weighted by atomic mass is 10.0. The number of aryl methyl sites for hydroxylation is 2. The van der Waals surface area contributed by atoms with Gasteiger partial charge in [-0.25, -0.2) is 0 Å². The predicted octanol–water partition coefficient (Wildman–Crippen LogP) is 4.21. The van der Waals surface area contributed by atoms with Crippen LogP contribution in [0.4, 0.5) is 0 Å². The maximum absolute atomic E-state index is 12.8. The summed E-state index contributed by atoms with van der Waals surface area (Å²) < 4.78 is 17.3. The molecule has 0 saturated carbocycles. The van der Waals surface area contributed by atoms with Gasteiger partial charge in [0.1, 0.15) is 5.75 Å². The van der Waals surface area contributed by atoms with E-state index in [2.05, 4.69) is 6.92 Å². The largest absolute Gasteiger partial charge is 0.490 e. The quantitative estimate of drug-likeness (QED) is 0.796. The van der Waals surface area contributed by atoms with E-state index in [1.165, 1.54) is 5.56 Å². The van der Waals surface area contributed by atoms with Crippen molar-refractivity contribution in [3.63, 3.8) is 0 Å². The average molecular weight is 381 g/mol. The second kappa shape index (κ2) is 8.13. The third kappa shape index (κ3) is 3.93. The maximum atomic E-state index is 12.8. The van der Waals surface area contributed by atoms with Gasteiger partial charge < -0.3 is 19.1 Å². The minimum atomic E-state index is 0.0211. The molecule has 2 aromatic rings. The van der Waals surface area contributed by atoms with Gasteiger partial charge in [-0.3, -0.25) is 4.79 Å². The van der Waals surface area contributed by atoms with Crippen molar-refractivity contribution >= 4 is 5.91 Å². The molecule has 2 aliphatic rings. The lowest BCUT2D eigenvalue weighted by Gasteiger charge is -2.25.